The molecule has 1 saturated heterocycles. The van der Waals surface area contributed by atoms with Crippen LogP contribution in [0.15, 0.2) is 18.2 Å². The molecule has 1 aromatic carbocycles. The van der Waals surface area contributed by atoms with E-state index in [4.69, 9.17) is 17.3 Å². The summed E-state index contributed by atoms with van der Waals surface area (Å²) < 4.78 is 0. The summed E-state index contributed by atoms with van der Waals surface area (Å²) in [5.74, 6) is -0.498. The predicted molar refractivity (Wildman–Crippen MR) is 74.1 cm³/mol. The Labute approximate surface area is 112 Å². The van der Waals surface area contributed by atoms with E-state index in [-0.39, 0.29) is 0 Å². The van der Waals surface area contributed by atoms with Gasteiger partial charge in [-0.05, 0) is 44.0 Å². The van der Waals surface area contributed by atoms with E-state index in [2.05, 4.69) is 10.6 Å². The maximum atomic E-state index is 11.0. The second-order valence-corrected chi connectivity index (χ2v) is 4.97. The SMILES string of the molecule is NC(=O)c1ccc(NCC[C@H]2CCCN2)cc1Cl. The molecule has 0 bridgehead atoms. The zero-order valence-electron chi connectivity index (χ0n) is 10.2. The van der Waals surface area contributed by atoms with Crippen molar-refractivity contribution in [1.29, 1.82) is 0 Å². The molecule has 1 aliphatic rings. The first kappa shape index (κ1) is 13.2. The van der Waals surface area contributed by atoms with E-state index in [0.717, 1.165) is 25.2 Å². The highest BCUT2D eigenvalue weighted by Crippen LogP contribution is 2.20. The number of hydrogen-bond donors (Lipinski definition) is 3. The van der Waals surface area contributed by atoms with Crippen LogP contribution >= 0.6 is 11.6 Å². The van der Waals surface area contributed by atoms with Gasteiger partial charge in [-0.1, -0.05) is 11.6 Å². The van der Waals surface area contributed by atoms with Gasteiger partial charge in [0.25, 0.3) is 0 Å². The Morgan fingerprint density at radius 2 is 2.39 bits per heavy atom. The normalized spacial score (nSPS) is 18.8. The summed E-state index contributed by atoms with van der Waals surface area (Å²) >= 11 is 5.98. The van der Waals surface area contributed by atoms with Crippen LogP contribution in [0.2, 0.25) is 5.02 Å². The first-order valence-electron chi connectivity index (χ1n) is 6.23. The number of carbonyl (C=O) groups excluding carboxylic acids is 1. The fourth-order valence-electron chi connectivity index (χ4n) is 2.22. The molecular formula is C13H18ClN3O. The van der Waals surface area contributed by atoms with Gasteiger partial charge in [0.15, 0.2) is 0 Å². The highest BCUT2D eigenvalue weighted by molar-refractivity contribution is 6.34. The fraction of sp³-hybridized carbons (Fsp3) is 0.462. The topological polar surface area (TPSA) is 67.2 Å². The van der Waals surface area contributed by atoms with Gasteiger partial charge in [0.1, 0.15) is 0 Å². The zero-order chi connectivity index (χ0) is 13.0. The van der Waals surface area contributed by atoms with Gasteiger partial charge in [0.05, 0.1) is 10.6 Å². The van der Waals surface area contributed by atoms with Crippen LogP contribution in [0.25, 0.3) is 0 Å². The molecule has 1 amide bonds. The summed E-state index contributed by atoms with van der Waals surface area (Å²) in [6, 6.07) is 5.84. The fourth-order valence-corrected chi connectivity index (χ4v) is 2.49. The maximum Gasteiger partial charge on any atom is 0.250 e. The minimum atomic E-state index is -0.498. The van der Waals surface area contributed by atoms with Gasteiger partial charge in [0, 0.05) is 18.3 Å². The van der Waals surface area contributed by atoms with Gasteiger partial charge in [-0.15, -0.1) is 0 Å². The van der Waals surface area contributed by atoms with Crippen molar-refractivity contribution >= 4 is 23.2 Å². The van der Waals surface area contributed by atoms with Crippen molar-refractivity contribution in [2.75, 3.05) is 18.4 Å². The standard InChI is InChI=1S/C13H18ClN3O/c14-12-8-10(3-4-11(12)13(15)18)17-7-5-9-2-1-6-16-9/h3-4,8-9,16-17H,1-2,5-7H2,(H2,15,18)/t9-/m1/s1. The summed E-state index contributed by atoms with van der Waals surface area (Å²) in [7, 11) is 0. The van der Waals surface area contributed by atoms with Gasteiger partial charge in [-0.3, -0.25) is 4.79 Å². The molecule has 1 heterocycles. The van der Waals surface area contributed by atoms with Crippen LogP contribution in [0, 0.1) is 0 Å². The third kappa shape index (κ3) is 3.37. The Morgan fingerprint density at radius 1 is 1.56 bits per heavy atom. The van der Waals surface area contributed by atoms with Crippen LogP contribution in [0.1, 0.15) is 29.6 Å². The number of nitrogens with two attached hydrogens (primary N) is 1. The van der Waals surface area contributed by atoms with Crippen molar-refractivity contribution in [2.45, 2.75) is 25.3 Å². The Balaban J connectivity index is 1.85. The van der Waals surface area contributed by atoms with Crippen LogP contribution in [-0.2, 0) is 0 Å². The van der Waals surface area contributed by atoms with E-state index in [1.807, 2.05) is 6.07 Å². The van der Waals surface area contributed by atoms with E-state index in [1.54, 1.807) is 12.1 Å². The molecule has 0 radical (unpaired) electrons. The van der Waals surface area contributed by atoms with E-state index >= 15 is 0 Å². The van der Waals surface area contributed by atoms with E-state index in [0.29, 0.717) is 16.6 Å². The number of halogens is 1. The molecular weight excluding hydrogens is 250 g/mol. The van der Waals surface area contributed by atoms with Gasteiger partial charge >= 0.3 is 0 Å². The first-order valence-corrected chi connectivity index (χ1v) is 6.61. The molecule has 0 aliphatic carbocycles. The van der Waals surface area contributed by atoms with Crippen molar-refractivity contribution < 1.29 is 4.79 Å². The second kappa shape index (κ2) is 6.07. The number of carbonyl (C=O) groups is 1. The third-order valence-electron chi connectivity index (χ3n) is 3.22. The van der Waals surface area contributed by atoms with Crippen molar-refractivity contribution in [1.82, 2.24) is 5.32 Å². The number of nitrogens with one attached hydrogen (secondary N) is 2. The Kier molecular flexibility index (Phi) is 4.44. The average Bonchev–Trinajstić information content (AvgIpc) is 2.81. The highest BCUT2D eigenvalue weighted by atomic mass is 35.5. The molecule has 5 heteroatoms. The lowest BCUT2D eigenvalue weighted by atomic mass is 10.1. The number of benzene rings is 1. The molecule has 1 atom stereocenters. The summed E-state index contributed by atoms with van der Waals surface area (Å²) in [4.78, 5) is 11.0. The van der Waals surface area contributed by atoms with E-state index in [1.165, 1.54) is 12.8 Å². The molecule has 18 heavy (non-hydrogen) atoms. The van der Waals surface area contributed by atoms with Gasteiger partial charge < -0.3 is 16.4 Å². The lowest BCUT2D eigenvalue weighted by Gasteiger charge is -2.12. The van der Waals surface area contributed by atoms with Crippen molar-refractivity contribution in [3.05, 3.63) is 28.8 Å². The number of anilines is 1. The molecule has 2 rings (SSSR count). The largest absolute Gasteiger partial charge is 0.385 e. The van der Waals surface area contributed by atoms with Crippen LogP contribution in [0.5, 0.6) is 0 Å². The molecule has 4 N–H and O–H groups in total. The van der Waals surface area contributed by atoms with Gasteiger partial charge in [0.2, 0.25) is 5.91 Å². The summed E-state index contributed by atoms with van der Waals surface area (Å²) in [5, 5.41) is 7.15. The molecule has 4 nitrogen and oxygen atoms in total. The summed E-state index contributed by atoms with van der Waals surface area (Å²) in [5.41, 5.74) is 6.48. The monoisotopic (exact) mass is 267 g/mol. The molecule has 1 aromatic rings. The molecule has 1 aliphatic heterocycles. The highest BCUT2D eigenvalue weighted by Gasteiger charge is 2.13. The molecule has 0 aromatic heterocycles. The quantitative estimate of drug-likeness (QED) is 0.764. The van der Waals surface area contributed by atoms with E-state index < -0.39 is 5.91 Å². The molecule has 0 saturated carbocycles. The Hall–Kier alpha value is -1.26. The molecule has 0 unspecified atom stereocenters. The first-order chi connectivity index (χ1) is 8.66. The number of primary amides is 1. The Morgan fingerprint density at radius 3 is 3.00 bits per heavy atom. The van der Waals surface area contributed by atoms with Crippen molar-refractivity contribution in [3.63, 3.8) is 0 Å². The molecule has 98 valence electrons. The molecule has 1 fully saturated rings. The van der Waals surface area contributed by atoms with Crippen molar-refractivity contribution in [3.8, 4) is 0 Å². The Bertz CT molecular complexity index is 430. The lowest BCUT2D eigenvalue weighted by molar-refractivity contribution is 0.100. The second-order valence-electron chi connectivity index (χ2n) is 4.57. The summed E-state index contributed by atoms with van der Waals surface area (Å²) in [6.07, 6.45) is 3.61. The number of amides is 1. The predicted octanol–water partition coefficient (Wildman–Crippen LogP) is 1.99. The van der Waals surface area contributed by atoms with Gasteiger partial charge in [-0.25, -0.2) is 0 Å². The average molecular weight is 268 g/mol. The lowest BCUT2D eigenvalue weighted by Crippen LogP contribution is -2.24. The van der Waals surface area contributed by atoms with E-state index in [9.17, 15) is 4.79 Å². The summed E-state index contributed by atoms with van der Waals surface area (Å²) in [6.45, 7) is 2.02. The van der Waals surface area contributed by atoms with Crippen LogP contribution < -0.4 is 16.4 Å². The van der Waals surface area contributed by atoms with Crippen molar-refractivity contribution in [2.24, 2.45) is 5.73 Å². The smallest absolute Gasteiger partial charge is 0.250 e. The molecule has 0 spiro atoms. The minimum absolute atomic E-state index is 0.361. The number of hydrogen-bond acceptors (Lipinski definition) is 3. The van der Waals surface area contributed by atoms with Crippen LogP contribution in [-0.4, -0.2) is 25.0 Å². The van der Waals surface area contributed by atoms with Gasteiger partial charge in [-0.2, -0.15) is 0 Å². The minimum Gasteiger partial charge on any atom is -0.385 e. The number of rotatable bonds is 5. The zero-order valence-corrected chi connectivity index (χ0v) is 11.0. The van der Waals surface area contributed by atoms with Crippen LogP contribution in [0.3, 0.4) is 0 Å². The van der Waals surface area contributed by atoms with Crippen LogP contribution in [0.4, 0.5) is 5.69 Å². The third-order valence-corrected chi connectivity index (χ3v) is 3.53. The maximum absolute atomic E-state index is 11.0.